The number of rotatable bonds is 8. The van der Waals surface area contributed by atoms with E-state index < -0.39 is 17.7 Å². The molecule has 3 aromatic carbocycles. The largest absolute Gasteiger partial charge is 0.488 e. The molecule has 1 fully saturated rings. The highest BCUT2D eigenvalue weighted by Crippen LogP contribution is 2.36. The minimum Gasteiger partial charge on any atom is -0.488 e. The Hall–Kier alpha value is -3.85. The molecule has 0 amide bonds. The third-order valence-corrected chi connectivity index (χ3v) is 8.51. The van der Waals surface area contributed by atoms with Crippen molar-refractivity contribution >= 4 is 22.4 Å². The summed E-state index contributed by atoms with van der Waals surface area (Å²) in [6.45, 7) is 5.74. The monoisotopic (exact) mass is 580 g/mol. The van der Waals surface area contributed by atoms with Crippen molar-refractivity contribution in [1.82, 2.24) is 4.98 Å². The lowest BCUT2D eigenvalue weighted by Gasteiger charge is -2.29. The van der Waals surface area contributed by atoms with Crippen LogP contribution in [0.25, 0.3) is 22.4 Å². The van der Waals surface area contributed by atoms with Crippen molar-refractivity contribution in [3.8, 4) is 28.1 Å². The molecule has 1 N–H and O–H groups in total. The molecule has 214 valence electrons. The van der Waals surface area contributed by atoms with E-state index in [0.29, 0.717) is 32.5 Å². The van der Waals surface area contributed by atoms with Crippen molar-refractivity contribution in [3.63, 3.8) is 0 Å². The number of nitrogens with zero attached hydrogens (tertiary/aromatic N) is 2. The molecule has 0 spiro atoms. The average molecular weight is 581 g/mol. The molecule has 2 heterocycles. The number of aryl methyl sites for hydroxylation is 2. The van der Waals surface area contributed by atoms with Gasteiger partial charge in [0.2, 0.25) is 0 Å². The summed E-state index contributed by atoms with van der Waals surface area (Å²) in [6, 6.07) is 17.1. The molecule has 1 aromatic heterocycles. The van der Waals surface area contributed by atoms with Gasteiger partial charge in [0, 0.05) is 24.0 Å². The lowest BCUT2D eigenvalue weighted by Crippen LogP contribution is -2.36. The number of alkyl halides is 3. The fourth-order valence-electron chi connectivity index (χ4n) is 5.02. The van der Waals surface area contributed by atoms with Crippen LogP contribution in [0.4, 0.5) is 18.3 Å². The molecule has 1 saturated heterocycles. The molecule has 5 nitrogen and oxygen atoms in total. The normalized spacial score (nSPS) is 14.3. The Morgan fingerprint density at radius 1 is 1.05 bits per heavy atom. The molecule has 0 bridgehead atoms. The first kappa shape index (κ1) is 28.7. The van der Waals surface area contributed by atoms with Crippen LogP contribution in [0.1, 0.15) is 42.0 Å². The Morgan fingerprint density at radius 2 is 1.76 bits per heavy atom. The lowest BCUT2D eigenvalue weighted by atomic mass is 9.97. The number of halogens is 3. The minimum absolute atomic E-state index is 0.292. The van der Waals surface area contributed by atoms with E-state index in [1.807, 2.05) is 42.6 Å². The molecule has 4 aromatic rings. The number of hydrogen-bond donors (Lipinski definition) is 1. The second-order valence-corrected chi connectivity index (χ2v) is 11.1. The molecular formula is C32H31F3N2O3S. The summed E-state index contributed by atoms with van der Waals surface area (Å²) in [5.41, 5.74) is 5.76. The molecule has 0 saturated carbocycles. The fraction of sp³-hybridized carbons (Fsp3) is 0.312. The summed E-state index contributed by atoms with van der Waals surface area (Å²) in [5.74, 6) is -0.304. The van der Waals surface area contributed by atoms with Crippen LogP contribution in [0.2, 0.25) is 0 Å². The highest BCUT2D eigenvalue weighted by atomic mass is 32.1. The molecule has 1 aliphatic heterocycles. The second kappa shape index (κ2) is 11.9. The molecule has 5 rings (SSSR count). The Balaban J connectivity index is 1.31. The third kappa shape index (κ3) is 6.56. The molecular weight excluding hydrogens is 549 g/mol. The number of aromatic nitrogens is 1. The zero-order chi connectivity index (χ0) is 29.1. The number of carboxylic acid groups (broad SMARTS) is 1. The number of anilines is 1. The second-order valence-electron chi connectivity index (χ2n) is 10.3. The first-order chi connectivity index (χ1) is 19.6. The predicted molar refractivity (Wildman–Crippen MR) is 155 cm³/mol. The summed E-state index contributed by atoms with van der Waals surface area (Å²) < 4.78 is 45.1. The summed E-state index contributed by atoms with van der Waals surface area (Å²) in [7, 11) is 0. The van der Waals surface area contributed by atoms with Crippen molar-refractivity contribution < 1.29 is 27.8 Å². The maximum absolute atomic E-state index is 12.9. The van der Waals surface area contributed by atoms with Gasteiger partial charge in [-0.15, -0.1) is 11.3 Å². The third-order valence-electron chi connectivity index (χ3n) is 7.61. The van der Waals surface area contributed by atoms with E-state index >= 15 is 0 Å². The van der Waals surface area contributed by atoms with E-state index in [4.69, 9.17) is 9.72 Å². The molecule has 1 aliphatic rings. The number of aliphatic carboxylic acids is 1. The summed E-state index contributed by atoms with van der Waals surface area (Å²) >= 11 is 1.55. The van der Waals surface area contributed by atoms with Gasteiger partial charge in [-0.3, -0.25) is 4.79 Å². The Bertz CT molecular complexity index is 1520. The van der Waals surface area contributed by atoms with Gasteiger partial charge >= 0.3 is 12.1 Å². The number of piperidine rings is 1. The molecule has 0 radical (unpaired) electrons. The van der Waals surface area contributed by atoms with E-state index in [2.05, 4.69) is 17.9 Å². The average Bonchev–Trinajstić information content (AvgIpc) is 3.46. The highest BCUT2D eigenvalue weighted by Gasteiger charge is 2.30. The maximum Gasteiger partial charge on any atom is 0.416 e. The number of benzene rings is 3. The quantitative estimate of drug-likeness (QED) is 0.227. The summed E-state index contributed by atoms with van der Waals surface area (Å²) in [5, 5.41) is 12.2. The van der Waals surface area contributed by atoms with Crippen LogP contribution in [-0.2, 0) is 24.0 Å². The zero-order valence-electron chi connectivity index (χ0n) is 22.9. The molecule has 0 aliphatic carbocycles. The van der Waals surface area contributed by atoms with Gasteiger partial charge in [0.15, 0.2) is 5.13 Å². The van der Waals surface area contributed by atoms with Gasteiger partial charge in [0.1, 0.15) is 12.4 Å². The lowest BCUT2D eigenvalue weighted by molar-refractivity contribution is -0.142. The van der Waals surface area contributed by atoms with Crippen LogP contribution in [-0.4, -0.2) is 29.1 Å². The van der Waals surface area contributed by atoms with Gasteiger partial charge in [0.25, 0.3) is 0 Å². The van der Waals surface area contributed by atoms with E-state index in [1.165, 1.54) is 17.7 Å². The minimum atomic E-state index is -4.36. The van der Waals surface area contributed by atoms with Gasteiger partial charge in [-0.1, -0.05) is 43.3 Å². The Kier molecular flexibility index (Phi) is 8.35. The number of carbonyl (C=O) groups is 1. The van der Waals surface area contributed by atoms with Crippen LogP contribution in [0.15, 0.2) is 66.0 Å². The van der Waals surface area contributed by atoms with Crippen molar-refractivity contribution in [2.24, 2.45) is 5.92 Å². The number of carboxylic acids is 1. The van der Waals surface area contributed by atoms with Crippen molar-refractivity contribution in [2.75, 3.05) is 18.0 Å². The van der Waals surface area contributed by atoms with E-state index in [9.17, 15) is 23.1 Å². The van der Waals surface area contributed by atoms with Crippen LogP contribution < -0.4 is 9.64 Å². The SMILES string of the molecule is CCc1ccc(OCc2ccc(-c3ccc(C(F)(F)F)cc3)cc2C)c(-c2csc(N3CCC(C(=O)O)CC3)n2)c1. The predicted octanol–water partition coefficient (Wildman–Crippen LogP) is 8.25. The maximum atomic E-state index is 12.9. The van der Waals surface area contributed by atoms with Crippen LogP contribution in [0.3, 0.4) is 0 Å². The Morgan fingerprint density at radius 3 is 2.39 bits per heavy atom. The zero-order valence-corrected chi connectivity index (χ0v) is 23.7. The van der Waals surface area contributed by atoms with Crippen molar-refractivity contribution in [1.29, 1.82) is 0 Å². The molecule has 41 heavy (non-hydrogen) atoms. The smallest absolute Gasteiger partial charge is 0.416 e. The fourth-order valence-corrected chi connectivity index (χ4v) is 5.90. The topological polar surface area (TPSA) is 62.7 Å². The summed E-state index contributed by atoms with van der Waals surface area (Å²) in [6.07, 6.45) is -2.26. The van der Waals surface area contributed by atoms with Gasteiger partial charge < -0.3 is 14.7 Å². The Labute approximate surface area is 241 Å². The standard InChI is InChI=1S/C32H31F3N2O3S/c1-3-21-4-11-29(27(17-21)28-19-41-31(36-28)37-14-12-23(13-15-37)30(38)39)40-18-25-6-5-24(16-20(25)2)22-7-9-26(10-8-22)32(33,34)35/h4-11,16-17,19,23H,3,12-15,18H2,1-2H3,(H,38,39). The molecule has 0 atom stereocenters. The van der Waals surface area contributed by atoms with Gasteiger partial charge in [0.05, 0.1) is 17.2 Å². The van der Waals surface area contributed by atoms with E-state index in [1.54, 1.807) is 11.3 Å². The first-order valence-electron chi connectivity index (χ1n) is 13.6. The molecule has 0 unspecified atom stereocenters. The van der Waals surface area contributed by atoms with Gasteiger partial charge in [-0.2, -0.15) is 13.2 Å². The highest BCUT2D eigenvalue weighted by molar-refractivity contribution is 7.14. The van der Waals surface area contributed by atoms with Gasteiger partial charge in [-0.05, 0) is 78.3 Å². The van der Waals surface area contributed by atoms with Gasteiger partial charge in [-0.25, -0.2) is 4.98 Å². The molecule has 9 heteroatoms. The number of hydrogen-bond acceptors (Lipinski definition) is 5. The number of ether oxygens (including phenoxy) is 1. The van der Waals surface area contributed by atoms with Crippen LogP contribution in [0, 0.1) is 12.8 Å². The van der Waals surface area contributed by atoms with Crippen LogP contribution >= 0.6 is 11.3 Å². The van der Waals surface area contributed by atoms with Crippen LogP contribution in [0.5, 0.6) is 5.75 Å². The van der Waals surface area contributed by atoms with E-state index in [-0.39, 0.29) is 5.92 Å². The van der Waals surface area contributed by atoms with Crippen molar-refractivity contribution in [2.45, 2.75) is 45.9 Å². The number of thiazole rings is 1. The first-order valence-corrected chi connectivity index (χ1v) is 14.5. The van der Waals surface area contributed by atoms with Crippen molar-refractivity contribution in [3.05, 3.63) is 88.3 Å². The summed E-state index contributed by atoms with van der Waals surface area (Å²) in [4.78, 5) is 18.4. The van der Waals surface area contributed by atoms with E-state index in [0.717, 1.165) is 62.9 Å².